The molecule has 2 amide bonds. The average molecular weight is 870 g/mol. The average Bonchev–Trinajstić information content (AvgIpc) is 3.69. The van der Waals surface area contributed by atoms with Gasteiger partial charge in [0.2, 0.25) is 5.91 Å². The molecular weight excluding hydrogens is 819 g/mol. The van der Waals surface area contributed by atoms with Crippen molar-refractivity contribution in [2.45, 2.75) is 90.7 Å². The van der Waals surface area contributed by atoms with Gasteiger partial charge >= 0.3 is 12.1 Å². The van der Waals surface area contributed by atoms with Gasteiger partial charge < -0.3 is 29.0 Å². The Morgan fingerprint density at radius 2 is 1.90 bits per heavy atom. The third kappa shape index (κ3) is 9.13. The quantitative estimate of drug-likeness (QED) is 0.159. The number of hydrazine groups is 1. The Bertz CT molecular complexity index is 2330. The molecule has 8 rings (SSSR count). The van der Waals surface area contributed by atoms with Crippen molar-refractivity contribution >= 4 is 45.7 Å². The van der Waals surface area contributed by atoms with Crippen LogP contribution in [0.2, 0.25) is 0 Å². The number of fused-ring (bicyclic) bond motifs is 6. The molecule has 328 valence electrons. The maximum absolute atomic E-state index is 16.6. The number of anilines is 1. The molecule has 5 atom stereocenters. The van der Waals surface area contributed by atoms with E-state index in [4.69, 9.17) is 24.2 Å². The van der Waals surface area contributed by atoms with E-state index in [1.54, 1.807) is 18.5 Å². The SMILES string of the molecule is CO[C@@H](C)c1ncc(N2CCOCC2)cc1-c1c2c3cc(c(F)cc3n1CC(F)(F)F)-c1csc(n1)C[C@H](NC(=O)[C@H]1C[C@@H]1C)C(=O)N1CCC[C@H](N1)C(=O)OCC(C)(C)C2. The number of rotatable bonds is 7. The second kappa shape index (κ2) is 16.9. The zero-order valence-corrected chi connectivity index (χ0v) is 35.7. The highest BCUT2D eigenvalue weighted by Gasteiger charge is 2.42. The fraction of sp³-hybridized carbons (Fsp3) is 0.558. The summed E-state index contributed by atoms with van der Waals surface area (Å²) in [5.74, 6) is -2.11. The highest BCUT2D eigenvalue weighted by atomic mass is 32.1. The van der Waals surface area contributed by atoms with Crippen molar-refractivity contribution < 1.29 is 46.2 Å². The number of carbonyl (C=O) groups is 3. The number of alkyl halides is 3. The first-order valence-corrected chi connectivity index (χ1v) is 21.6. The van der Waals surface area contributed by atoms with Crippen LogP contribution in [-0.2, 0) is 48.0 Å². The van der Waals surface area contributed by atoms with Crippen LogP contribution in [0.3, 0.4) is 0 Å². The highest BCUT2D eigenvalue weighted by Crippen LogP contribution is 2.45. The second-order valence-electron chi connectivity index (χ2n) is 17.5. The first-order chi connectivity index (χ1) is 29.0. The lowest BCUT2D eigenvalue weighted by Crippen LogP contribution is -2.60. The van der Waals surface area contributed by atoms with Gasteiger partial charge in [0.15, 0.2) is 0 Å². The van der Waals surface area contributed by atoms with Crippen LogP contribution in [0.4, 0.5) is 23.2 Å². The van der Waals surface area contributed by atoms with Crippen LogP contribution in [0, 0.1) is 23.1 Å². The number of pyridine rings is 1. The molecule has 0 unspecified atom stereocenters. The number of halogens is 4. The summed E-state index contributed by atoms with van der Waals surface area (Å²) in [5, 5.41) is 6.71. The van der Waals surface area contributed by atoms with Gasteiger partial charge in [-0.25, -0.2) is 14.8 Å². The summed E-state index contributed by atoms with van der Waals surface area (Å²) in [5.41, 5.74) is 4.62. The van der Waals surface area contributed by atoms with Gasteiger partial charge in [-0.2, -0.15) is 13.2 Å². The molecule has 1 aromatic carbocycles. The third-order valence-corrected chi connectivity index (χ3v) is 13.0. The number of benzene rings is 1. The van der Waals surface area contributed by atoms with Crippen LogP contribution in [0.15, 0.2) is 29.8 Å². The lowest BCUT2D eigenvalue weighted by atomic mass is 9.84. The molecule has 6 heterocycles. The van der Waals surface area contributed by atoms with E-state index in [9.17, 15) is 27.6 Å². The van der Waals surface area contributed by atoms with Gasteiger partial charge in [-0.1, -0.05) is 20.8 Å². The fourth-order valence-corrected chi connectivity index (χ4v) is 9.46. The molecule has 4 aliphatic rings. The number of ether oxygens (including phenoxy) is 3. The van der Waals surface area contributed by atoms with Crippen molar-refractivity contribution in [2.24, 2.45) is 17.3 Å². The van der Waals surface area contributed by atoms with Crippen molar-refractivity contribution in [3.05, 3.63) is 51.9 Å². The zero-order valence-electron chi connectivity index (χ0n) is 34.9. The molecule has 3 aliphatic heterocycles. The van der Waals surface area contributed by atoms with Crippen molar-refractivity contribution in [3.8, 4) is 22.5 Å². The minimum absolute atomic E-state index is 0.00795. The Kier molecular flexibility index (Phi) is 11.9. The van der Waals surface area contributed by atoms with Crippen molar-refractivity contribution in [1.29, 1.82) is 0 Å². The summed E-state index contributed by atoms with van der Waals surface area (Å²) < 4.78 is 79.4. The van der Waals surface area contributed by atoms with Crippen LogP contribution in [0.1, 0.15) is 69.3 Å². The molecule has 1 aliphatic carbocycles. The first kappa shape index (κ1) is 43.0. The number of nitrogens with zero attached hydrogens (tertiary/aromatic N) is 5. The van der Waals surface area contributed by atoms with E-state index in [0.717, 1.165) is 10.6 Å². The monoisotopic (exact) mass is 869 g/mol. The Labute approximate surface area is 355 Å². The van der Waals surface area contributed by atoms with E-state index in [1.165, 1.54) is 29.5 Å². The van der Waals surface area contributed by atoms with Gasteiger partial charge in [0.1, 0.15) is 24.4 Å². The first-order valence-electron chi connectivity index (χ1n) is 20.8. The van der Waals surface area contributed by atoms with E-state index < -0.39 is 54.0 Å². The van der Waals surface area contributed by atoms with Gasteiger partial charge in [0.25, 0.3) is 5.91 Å². The fourth-order valence-electron chi connectivity index (χ4n) is 8.62. The summed E-state index contributed by atoms with van der Waals surface area (Å²) in [4.78, 5) is 52.6. The summed E-state index contributed by atoms with van der Waals surface area (Å²) >= 11 is 1.18. The molecule has 61 heavy (non-hydrogen) atoms. The third-order valence-electron chi connectivity index (χ3n) is 12.1. The van der Waals surface area contributed by atoms with E-state index in [-0.39, 0.29) is 59.7 Å². The smallest absolute Gasteiger partial charge is 0.406 e. The summed E-state index contributed by atoms with van der Waals surface area (Å²) in [6.07, 6.45) is -1.97. The summed E-state index contributed by atoms with van der Waals surface area (Å²) in [6, 6.07) is 2.58. The number of amides is 2. The number of hydrogen-bond donors (Lipinski definition) is 2. The number of aromatic nitrogens is 3. The van der Waals surface area contributed by atoms with Gasteiger partial charge in [-0.15, -0.1) is 11.3 Å². The van der Waals surface area contributed by atoms with Crippen LogP contribution in [0.25, 0.3) is 33.4 Å². The highest BCUT2D eigenvalue weighted by molar-refractivity contribution is 7.10. The Hall–Kier alpha value is -4.65. The van der Waals surface area contributed by atoms with Gasteiger partial charge in [-0.3, -0.25) is 24.4 Å². The number of thiazole rings is 1. The molecule has 6 bridgehead atoms. The maximum Gasteiger partial charge on any atom is 0.406 e. The normalized spacial score (nSPS) is 24.0. The van der Waals surface area contributed by atoms with Crippen LogP contribution >= 0.6 is 11.3 Å². The Balaban J connectivity index is 1.32. The van der Waals surface area contributed by atoms with Crippen LogP contribution in [0.5, 0.6) is 0 Å². The predicted octanol–water partition coefficient (Wildman–Crippen LogP) is 6.38. The van der Waals surface area contributed by atoms with E-state index in [2.05, 4.69) is 15.6 Å². The zero-order chi connectivity index (χ0) is 43.4. The number of carbonyl (C=O) groups excluding carboxylic acids is 3. The number of methoxy groups -OCH3 is 1. The number of nitrogens with one attached hydrogen (secondary N) is 2. The van der Waals surface area contributed by atoms with Crippen molar-refractivity contribution in [1.82, 2.24) is 30.3 Å². The molecular formula is C43H51F4N7O6S. The number of cyclic esters (lactones) is 1. The Morgan fingerprint density at radius 3 is 2.61 bits per heavy atom. The molecule has 0 spiro atoms. The summed E-state index contributed by atoms with van der Waals surface area (Å²) in [7, 11) is 1.50. The molecule has 13 nitrogen and oxygen atoms in total. The maximum atomic E-state index is 16.6. The number of hydrogen-bond acceptors (Lipinski definition) is 11. The minimum atomic E-state index is -4.71. The van der Waals surface area contributed by atoms with Crippen LogP contribution in [-0.4, -0.2) is 102 Å². The van der Waals surface area contributed by atoms with Gasteiger partial charge in [-0.05, 0) is 62.3 Å². The predicted molar refractivity (Wildman–Crippen MR) is 220 cm³/mol. The lowest BCUT2D eigenvalue weighted by Gasteiger charge is -2.35. The molecule has 1 saturated carbocycles. The van der Waals surface area contributed by atoms with Crippen molar-refractivity contribution in [3.63, 3.8) is 0 Å². The lowest BCUT2D eigenvalue weighted by molar-refractivity contribution is -0.155. The molecule has 2 N–H and O–H groups in total. The molecule has 18 heteroatoms. The largest absolute Gasteiger partial charge is 0.464 e. The van der Waals surface area contributed by atoms with E-state index >= 15 is 4.39 Å². The molecule has 4 aromatic rings. The topological polar surface area (TPSA) is 140 Å². The van der Waals surface area contributed by atoms with Crippen LogP contribution < -0.4 is 15.6 Å². The van der Waals surface area contributed by atoms with E-state index in [1.807, 2.05) is 26.8 Å². The number of esters is 1. The van der Waals surface area contributed by atoms with Gasteiger partial charge in [0.05, 0.1) is 65.4 Å². The van der Waals surface area contributed by atoms with Crippen molar-refractivity contribution in [2.75, 3.05) is 51.5 Å². The minimum Gasteiger partial charge on any atom is -0.464 e. The number of morpholine rings is 1. The Morgan fingerprint density at radius 1 is 1.15 bits per heavy atom. The molecule has 2 saturated heterocycles. The van der Waals surface area contributed by atoms with Gasteiger partial charge in [0, 0.05) is 66.4 Å². The molecule has 0 radical (unpaired) electrons. The second-order valence-corrected chi connectivity index (χ2v) is 18.4. The summed E-state index contributed by atoms with van der Waals surface area (Å²) in [6.45, 7) is 8.21. The molecule has 3 aromatic heterocycles. The standard InChI is InChI=1S/C43H51F4N7O6S/c1-23-13-26(23)39(55)50-33-17-36-49-34(20-61-36)28-15-27-30(18-42(3,4)22-60-41(57)32-7-6-8-54(51-32)40(33)56)38(53(21-43(45,46)47)35(27)16-31(28)44)29-14-25(52-9-11-59-12-10-52)19-48-37(29)24(2)58-5/h14-16,19-20,23-24,26,32-33,51H,6-13,17-18,21-22H2,1-5H3,(H,50,55)/t23-,24-,26-,32-,33-/m0/s1. The van der Waals surface area contributed by atoms with E-state index in [0.29, 0.717) is 85.0 Å². The molecule has 3 fully saturated rings.